The topological polar surface area (TPSA) is 95.2 Å². The third-order valence-electron chi connectivity index (χ3n) is 4.01. The minimum Gasteiger partial charge on any atom is -0.495 e. The molecule has 0 spiro atoms. The molecule has 2 aromatic carbocycles. The van der Waals surface area contributed by atoms with Crippen LogP contribution < -0.4 is 20.5 Å². The fraction of sp³-hybridized carbons (Fsp3) is 0.0500. The van der Waals surface area contributed by atoms with Crippen molar-refractivity contribution in [3.63, 3.8) is 0 Å². The Balaban J connectivity index is 1.68. The fourth-order valence-electron chi connectivity index (χ4n) is 2.70. The van der Waals surface area contributed by atoms with E-state index in [-0.39, 0.29) is 11.6 Å². The molecule has 7 nitrogen and oxygen atoms in total. The minimum absolute atomic E-state index is 0.251. The van der Waals surface area contributed by atoms with E-state index in [0.29, 0.717) is 17.3 Å². The van der Waals surface area contributed by atoms with Crippen molar-refractivity contribution in [3.8, 4) is 17.4 Å². The van der Waals surface area contributed by atoms with E-state index in [1.807, 2.05) is 54.6 Å². The van der Waals surface area contributed by atoms with Gasteiger partial charge in [0.2, 0.25) is 5.88 Å². The van der Waals surface area contributed by atoms with Crippen molar-refractivity contribution in [2.75, 3.05) is 18.2 Å². The summed E-state index contributed by atoms with van der Waals surface area (Å²) in [6.07, 6.45) is 3.11. The third-order valence-corrected chi connectivity index (χ3v) is 4.01. The lowest BCUT2D eigenvalue weighted by atomic mass is 10.2. The number of hydrogen-bond acceptors (Lipinski definition) is 7. The molecule has 0 aliphatic carbocycles. The van der Waals surface area contributed by atoms with Gasteiger partial charge in [0.25, 0.3) is 0 Å². The molecular formula is C20H17N5O2. The van der Waals surface area contributed by atoms with Crippen molar-refractivity contribution in [1.29, 1.82) is 0 Å². The normalized spacial score (nSPS) is 10.6. The highest BCUT2D eigenvalue weighted by atomic mass is 16.5. The van der Waals surface area contributed by atoms with Crippen LogP contribution in [0.25, 0.3) is 10.9 Å². The number of rotatable bonds is 5. The van der Waals surface area contributed by atoms with Crippen molar-refractivity contribution in [2.45, 2.75) is 0 Å². The number of hydrogen-bond donors (Lipinski definition) is 2. The van der Waals surface area contributed by atoms with Gasteiger partial charge in [-0.2, -0.15) is 4.98 Å². The molecule has 4 rings (SSSR count). The number of para-hydroxylation sites is 3. The maximum Gasteiger partial charge on any atom is 0.248 e. The van der Waals surface area contributed by atoms with Gasteiger partial charge < -0.3 is 20.5 Å². The zero-order valence-corrected chi connectivity index (χ0v) is 14.6. The first kappa shape index (κ1) is 16.6. The summed E-state index contributed by atoms with van der Waals surface area (Å²) >= 11 is 0. The number of aromatic nitrogens is 3. The molecule has 0 unspecified atom stereocenters. The number of benzene rings is 2. The molecule has 3 N–H and O–H groups in total. The largest absolute Gasteiger partial charge is 0.495 e. The number of anilines is 3. The van der Waals surface area contributed by atoms with Crippen LogP contribution in [0, 0.1) is 0 Å². The molecule has 7 heteroatoms. The Morgan fingerprint density at radius 1 is 0.889 bits per heavy atom. The van der Waals surface area contributed by atoms with E-state index < -0.39 is 0 Å². The van der Waals surface area contributed by atoms with E-state index in [0.717, 1.165) is 16.6 Å². The number of nitrogens with two attached hydrogens (primary N) is 1. The Morgan fingerprint density at radius 2 is 1.70 bits per heavy atom. The summed E-state index contributed by atoms with van der Waals surface area (Å²) in [4.78, 5) is 12.8. The van der Waals surface area contributed by atoms with Crippen LogP contribution in [0.5, 0.6) is 17.4 Å². The molecule has 0 amide bonds. The number of methoxy groups -OCH3 is 1. The van der Waals surface area contributed by atoms with Gasteiger partial charge in [-0.15, -0.1) is 0 Å². The van der Waals surface area contributed by atoms with E-state index in [4.69, 9.17) is 15.2 Å². The smallest absolute Gasteiger partial charge is 0.248 e. The Bertz CT molecular complexity index is 1100. The molecule has 2 aromatic heterocycles. The third kappa shape index (κ3) is 3.30. The molecule has 0 bridgehead atoms. The van der Waals surface area contributed by atoms with Crippen molar-refractivity contribution < 1.29 is 9.47 Å². The van der Waals surface area contributed by atoms with Gasteiger partial charge in [0.05, 0.1) is 12.8 Å². The van der Waals surface area contributed by atoms with Gasteiger partial charge in [0, 0.05) is 11.6 Å². The van der Waals surface area contributed by atoms with Gasteiger partial charge in [0.1, 0.15) is 23.3 Å². The molecule has 0 fully saturated rings. The van der Waals surface area contributed by atoms with E-state index in [2.05, 4.69) is 20.3 Å². The van der Waals surface area contributed by atoms with Crippen LogP contribution in [0.3, 0.4) is 0 Å². The molecule has 0 saturated heterocycles. The highest BCUT2D eigenvalue weighted by Gasteiger charge is 2.14. The lowest BCUT2D eigenvalue weighted by Gasteiger charge is -2.14. The quantitative estimate of drug-likeness (QED) is 0.552. The molecule has 4 aromatic rings. The molecule has 0 atom stereocenters. The molecule has 0 aliphatic rings. The number of nitrogen functional groups attached to an aromatic ring is 1. The zero-order valence-electron chi connectivity index (χ0n) is 14.6. The second-order valence-corrected chi connectivity index (χ2v) is 5.70. The van der Waals surface area contributed by atoms with Gasteiger partial charge in [-0.3, -0.25) is 4.98 Å². The highest BCUT2D eigenvalue weighted by Crippen LogP contribution is 2.35. The van der Waals surface area contributed by atoms with E-state index in [9.17, 15) is 0 Å². The fourth-order valence-corrected chi connectivity index (χ4v) is 2.70. The predicted octanol–water partition coefficient (Wildman–Crippen LogP) is 4.15. The summed E-state index contributed by atoms with van der Waals surface area (Å²) in [7, 11) is 1.60. The second-order valence-electron chi connectivity index (χ2n) is 5.70. The number of nitrogens with zero attached hydrogens (tertiary/aromatic N) is 3. The van der Waals surface area contributed by atoms with Crippen LogP contribution in [-0.4, -0.2) is 22.1 Å². The van der Waals surface area contributed by atoms with Gasteiger partial charge in [-0.1, -0.05) is 30.3 Å². The van der Waals surface area contributed by atoms with Crippen LogP contribution in [0.15, 0.2) is 67.1 Å². The second kappa shape index (κ2) is 7.17. The summed E-state index contributed by atoms with van der Waals surface area (Å²) < 4.78 is 11.3. The Morgan fingerprint density at radius 3 is 2.59 bits per heavy atom. The lowest BCUT2D eigenvalue weighted by Crippen LogP contribution is -2.04. The van der Waals surface area contributed by atoms with Gasteiger partial charge >= 0.3 is 0 Å². The standard InChI is InChI=1S/C20H17N5O2/c1-26-15-9-3-2-8-14(15)25-19-17(21)20(24-12-23-19)27-16-10-4-6-13-7-5-11-22-18(13)16/h2-12H,21H2,1H3,(H,23,24,25). The predicted molar refractivity (Wildman–Crippen MR) is 105 cm³/mol. The molecule has 0 aliphatic heterocycles. The molecule has 0 saturated carbocycles. The monoisotopic (exact) mass is 359 g/mol. The summed E-state index contributed by atoms with van der Waals surface area (Å²) in [6.45, 7) is 0. The first-order valence-electron chi connectivity index (χ1n) is 8.28. The highest BCUT2D eigenvalue weighted by molar-refractivity contribution is 5.85. The van der Waals surface area contributed by atoms with Gasteiger partial charge in [-0.05, 0) is 24.3 Å². The van der Waals surface area contributed by atoms with E-state index in [1.165, 1.54) is 6.33 Å². The van der Waals surface area contributed by atoms with Crippen molar-refractivity contribution in [2.24, 2.45) is 0 Å². The van der Waals surface area contributed by atoms with Gasteiger partial charge in [0.15, 0.2) is 11.6 Å². The SMILES string of the molecule is COc1ccccc1Nc1ncnc(Oc2cccc3cccnc23)c1N. The molecule has 0 radical (unpaired) electrons. The lowest BCUT2D eigenvalue weighted by molar-refractivity contribution is 0.417. The van der Waals surface area contributed by atoms with E-state index >= 15 is 0 Å². The molecule has 134 valence electrons. The van der Waals surface area contributed by atoms with Crippen molar-refractivity contribution >= 4 is 28.1 Å². The Labute approximate surface area is 155 Å². The summed E-state index contributed by atoms with van der Waals surface area (Å²) in [5.74, 6) is 1.93. The average Bonchev–Trinajstić information content (AvgIpc) is 2.71. The summed E-state index contributed by atoms with van der Waals surface area (Å²) in [5, 5.41) is 4.13. The van der Waals surface area contributed by atoms with Crippen LogP contribution in [0.1, 0.15) is 0 Å². The maximum absolute atomic E-state index is 6.24. The first-order valence-corrected chi connectivity index (χ1v) is 8.28. The van der Waals surface area contributed by atoms with Crippen LogP contribution >= 0.6 is 0 Å². The van der Waals surface area contributed by atoms with Crippen molar-refractivity contribution in [1.82, 2.24) is 15.0 Å². The van der Waals surface area contributed by atoms with Crippen LogP contribution in [-0.2, 0) is 0 Å². The van der Waals surface area contributed by atoms with Crippen LogP contribution in [0.4, 0.5) is 17.2 Å². The Hall–Kier alpha value is -3.87. The summed E-state index contributed by atoms with van der Waals surface area (Å²) in [5.41, 5.74) is 8.00. The van der Waals surface area contributed by atoms with E-state index in [1.54, 1.807) is 13.3 Å². The molecule has 2 heterocycles. The number of fused-ring (bicyclic) bond motifs is 1. The zero-order chi connectivity index (χ0) is 18.6. The molecular weight excluding hydrogens is 342 g/mol. The minimum atomic E-state index is 0.251. The average molecular weight is 359 g/mol. The number of pyridine rings is 1. The molecule has 27 heavy (non-hydrogen) atoms. The maximum atomic E-state index is 6.24. The number of nitrogens with one attached hydrogen (secondary N) is 1. The van der Waals surface area contributed by atoms with Gasteiger partial charge in [-0.25, -0.2) is 4.98 Å². The number of ether oxygens (including phenoxy) is 2. The van der Waals surface area contributed by atoms with Crippen molar-refractivity contribution in [3.05, 3.63) is 67.1 Å². The summed E-state index contributed by atoms with van der Waals surface area (Å²) in [6, 6.07) is 17.0. The Kier molecular flexibility index (Phi) is 4.40. The van der Waals surface area contributed by atoms with Crippen LogP contribution in [0.2, 0.25) is 0 Å². The first-order chi connectivity index (χ1) is 13.3.